The van der Waals surface area contributed by atoms with E-state index < -0.39 is 5.97 Å². The maximum Gasteiger partial charge on any atom is 0.371 e. The molecule has 1 heterocycles. The minimum atomic E-state index is -1.14. The number of aromatic carboxylic acids is 1. The highest BCUT2D eigenvalue weighted by molar-refractivity contribution is 7.99. The summed E-state index contributed by atoms with van der Waals surface area (Å²) in [5, 5.41) is 11.8. The van der Waals surface area contributed by atoms with Crippen LogP contribution in [0.1, 0.15) is 10.6 Å². The second-order valence-electron chi connectivity index (χ2n) is 3.96. The molecule has 110 valence electrons. The molecule has 0 aliphatic heterocycles. The third kappa shape index (κ3) is 4.03. The van der Waals surface area contributed by atoms with Crippen molar-refractivity contribution in [2.24, 2.45) is 0 Å². The van der Waals surface area contributed by atoms with E-state index in [0.717, 1.165) is 11.8 Å². The van der Waals surface area contributed by atoms with Gasteiger partial charge in [-0.25, -0.2) is 4.79 Å². The predicted molar refractivity (Wildman–Crippen MR) is 78.0 cm³/mol. The van der Waals surface area contributed by atoms with Gasteiger partial charge in [0, 0.05) is 0 Å². The smallest absolute Gasteiger partial charge is 0.371 e. The van der Waals surface area contributed by atoms with Gasteiger partial charge < -0.3 is 19.6 Å². The summed E-state index contributed by atoms with van der Waals surface area (Å²) in [5.41, 5.74) is 0.580. The fourth-order valence-electron chi connectivity index (χ4n) is 1.58. The first kappa shape index (κ1) is 15.0. The van der Waals surface area contributed by atoms with E-state index in [1.165, 1.54) is 19.2 Å². The van der Waals surface area contributed by atoms with E-state index in [-0.39, 0.29) is 17.4 Å². The Kier molecular flexibility index (Phi) is 4.89. The number of benzene rings is 1. The highest BCUT2D eigenvalue weighted by Crippen LogP contribution is 2.25. The zero-order valence-electron chi connectivity index (χ0n) is 11.2. The molecule has 2 N–H and O–H groups in total. The molecule has 0 bridgehead atoms. The molecule has 2 rings (SSSR count). The molecule has 21 heavy (non-hydrogen) atoms. The molecule has 0 atom stereocenters. The van der Waals surface area contributed by atoms with E-state index >= 15 is 0 Å². The zero-order valence-corrected chi connectivity index (χ0v) is 12.0. The maximum absolute atomic E-state index is 11.8. The van der Waals surface area contributed by atoms with Gasteiger partial charge in [0.1, 0.15) is 5.75 Å². The van der Waals surface area contributed by atoms with Crippen molar-refractivity contribution < 1.29 is 23.8 Å². The second-order valence-corrected chi connectivity index (χ2v) is 4.94. The van der Waals surface area contributed by atoms with Crippen LogP contribution in [0.15, 0.2) is 45.9 Å². The van der Waals surface area contributed by atoms with Crippen LogP contribution in [0, 0.1) is 0 Å². The van der Waals surface area contributed by atoms with E-state index in [1.54, 1.807) is 24.3 Å². The summed E-state index contributed by atoms with van der Waals surface area (Å²) in [6.45, 7) is 0. The molecule has 0 unspecified atom stereocenters. The van der Waals surface area contributed by atoms with Crippen LogP contribution in [-0.2, 0) is 4.79 Å². The molecule has 7 heteroatoms. The summed E-state index contributed by atoms with van der Waals surface area (Å²) in [6, 6.07) is 9.94. The molecule has 0 saturated heterocycles. The van der Waals surface area contributed by atoms with Gasteiger partial charge in [0.25, 0.3) is 0 Å². The number of thioether (sulfide) groups is 1. The number of carbonyl (C=O) groups is 2. The standard InChI is InChI=1S/C14H13NO5S/c1-19-10-5-3-2-4-9(10)15-12(16)8-21-13-7-6-11(20-13)14(17)18/h2-7H,8H2,1H3,(H,15,16)(H,17,18). The van der Waals surface area contributed by atoms with Crippen LogP contribution < -0.4 is 10.1 Å². The number of furan rings is 1. The van der Waals surface area contributed by atoms with Crippen molar-refractivity contribution in [3.05, 3.63) is 42.2 Å². The molecule has 0 aliphatic rings. The Morgan fingerprint density at radius 1 is 1.29 bits per heavy atom. The van der Waals surface area contributed by atoms with Crippen molar-refractivity contribution in [2.45, 2.75) is 5.09 Å². The summed E-state index contributed by atoms with van der Waals surface area (Å²) in [6.07, 6.45) is 0. The number of para-hydroxylation sites is 2. The van der Waals surface area contributed by atoms with Crippen LogP contribution in [0.3, 0.4) is 0 Å². The second kappa shape index (κ2) is 6.85. The van der Waals surface area contributed by atoms with E-state index in [9.17, 15) is 9.59 Å². The van der Waals surface area contributed by atoms with Crippen LogP contribution in [-0.4, -0.2) is 29.8 Å². The van der Waals surface area contributed by atoms with Crippen molar-refractivity contribution >= 4 is 29.3 Å². The first-order valence-electron chi connectivity index (χ1n) is 5.99. The maximum atomic E-state index is 11.8. The number of anilines is 1. The van der Waals surface area contributed by atoms with Crippen molar-refractivity contribution in [2.75, 3.05) is 18.2 Å². The average molecular weight is 307 g/mol. The van der Waals surface area contributed by atoms with Crippen molar-refractivity contribution in [3.8, 4) is 5.75 Å². The molecule has 0 aliphatic carbocycles. The highest BCUT2D eigenvalue weighted by atomic mass is 32.2. The number of hydrogen-bond donors (Lipinski definition) is 2. The normalized spacial score (nSPS) is 10.1. The fraction of sp³-hybridized carbons (Fsp3) is 0.143. The van der Waals surface area contributed by atoms with Gasteiger partial charge in [-0.3, -0.25) is 4.79 Å². The molecule has 6 nitrogen and oxygen atoms in total. The third-order valence-corrected chi connectivity index (χ3v) is 3.43. The Morgan fingerprint density at radius 2 is 2.05 bits per heavy atom. The lowest BCUT2D eigenvalue weighted by Gasteiger charge is -2.09. The Hall–Kier alpha value is -2.41. The summed E-state index contributed by atoms with van der Waals surface area (Å²) in [7, 11) is 1.52. The third-order valence-electron chi connectivity index (χ3n) is 2.52. The number of hydrogen-bond acceptors (Lipinski definition) is 5. The van der Waals surface area contributed by atoms with Gasteiger partial charge in [-0.15, -0.1) is 0 Å². The molecule has 0 radical (unpaired) electrons. The van der Waals surface area contributed by atoms with Crippen LogP contribution in [0.2, 0.25) is 0 Å². The van der Waals surface area contributed by atoms with Crippen molar-refractivity contribution in [1.29, 1.82) is 0 Å². The summed E-state index contributed by atoms with van der Waals surface area (Å²) >= 11 is 1.12. The zero-order chi connectivity index (χ0) is 15.2. The first-order chi connectivity index (χ1) is 10.1. The lowest BCUT2D eigenvalue weighted by atomic mass is 10.3. The molecule has 1 aromatic heterocycles. The quantitative estimate of drug-likeness (QED) is 0.798. The SMILES string of the molecule is COc1ccccc1NC(=O)CSc1ccc(C(=O)O)o1. The number of methoxy groups -OCH3 is 1. The highest BCUT2D eigenvalue weighted by Gasteiger charge is 2.12. The number of carboxylic acid groups (broad SMARTS) is 1. The van der Waals surface area contributed by atoms with Crippen LogP contribution in [0.4, 0.5) is 5.69 Å². The van der Waals surface area contributed by atoms with Crippen molar-refractivity contribution in [3.63, 3.8) is 0 Å². The molecule has 1 aromatic carbocycles. The minimum Gasteiger partial charge on any atom is -0.495 e. The number of rotatable bonds is 6. The number of amides is 1. The Bertz CT molecular complexity index is 652. The fourth-order valence-corrected chi connectivity index (χ4v) is 2.24. The van der Waals surface area contributed by atoms with Gasteiger partial charge in [0.15, 0.2) is 5.09 Å². The monoisotopic (exact) mass is 307 g/mol. The predicted octanol–water partition coefficient (Wildman–Crippen LogP) is 2.72. The lowest BCUT2D eigenvalue weighted by Crippen LogP contribution is -2.14. The van der Waals surface area contributed by atoms with Gasteiger partial charge in [-0.1, -0.05) is 23.9 Å². The molecular weight excluding hydrogens is 294 g/mol. The Balaban J connectivity index is 1.91. The number of nitrogens with one attached hydrogen (secondary N) is 1. The van der Waals surface area contributed by atoms with Gasteiger partial charge in [0.05, 0.1) is 18.6 Å². The van der Waals surface area contributed by atoms with E-state index in [1.807, 2.05) is 0 Å². The van der Waals surface area contributed by atoms with Crippen LogP contribution in [0.25, 0.3) is 0 Å². The lowest BCUT2D eigenvalue weighted by molar-refractivity contribution is -0.113. The molecular formula is C14H13NO5S. The van der Waals surface area contributed by atoms with Gasteiger partial charge >= 0.3 is 5.97 Å². The molecule has 0 fully saturated rings. The summed E-state index contributed by atoms with van der Waals surface area (Å²) in [5.74, 6) is -0.854. The number of carboxylic acids is 1. The van der Waals surface area contributed by atoms with Crippen molar-refractivity contribution in [1.82, 2.24) is 0 Å². The number of carbonyl (C=O) groups excluding carboxylic acids is 1. The minimum absolute atomic E-state index is 0.102. The molecule has 2 aromatic rings. The van der Waals surface area contributed by atoms with E-state index in [4.69, 9.17) is 14.3 Å². The van der Waals surface area contributed by atoms with Gasteiger partial charge in [-0.05, 0) is 24.3 Å². The van der Waals surface area contributed by atoms with Crippen LogP contribution in [0.5, 0.6) is 5.75 Å². The van der Waals surface area contributed by atoms with E-state index in [2.05, 4.69) is 5.32 Å². The average Bonchev–Trinajstić information content (AvgIpc) is 2.95. The first-order valence-corrected chi connectivity index (χ1v) is 6.97. The number of ether oxygens (including phenoxy) is 1. The Labute approximate surface area is 125 Å². The molecule has 0 saturated carbocycles. The molecule has 1 amide bonds. The van der Waals surface area contributed by atoms with E-state index in [0.29, 0.717) is 16.5 Å². The topological polar surface area (TPSA) is 88.8 Å². The molecule has 0 spiro atoms. The summed E-state index contributed by atoms with van der Waals surface area (Å²) < 4.78 is 10.2. The largest absolute Gasteiger partial charge is 0.495 e. The van der Waals surface area contributed by atoms with Gasteiger partial charge in [-0.2, -0.15) is 0 Å². The summed E-state index contributed by atoms with van der Waals surface area (Å²) in [4.78, 5) is 22.5. The van der Waals surface area contributed by atoms with Crippen LogP contribution >= 0.6 is 11.8 Å². The Morgan fingerprint density at radius 3 is 2.71 bits per heavy atom. The van der Waals surface area contributed by atoms with Gasteiger partial charge in [0.2, 0.25) is 11.7 Å².